The Hall–Kier alpha value is -5.65. The zero-order valence-electron chi connectivity index (χ0n) is 19.9. The topological polar surface area (TPSA) is 211 Å². The first-order valence-electron chi connectivity index (χ1n) is 11.0. The third-order valence-electron chi connectivity index (χ3n) is 5.12. The summed E-state index contributed by atoms with van der Waals surface area (Å²) in [5, 5.41) is 66.9. The van der Waals surface area contributed by atoms with Gasteiger partial charge in [-0.25, -0.2) is 14.4 Å². The summed E-state index contributed by atoms with van der Waals surface area (Å²) in [6.45, 7) is 0. The smallest absolute Gasteiger partial charge is 0.371 e. The molecule has 0 unspecified atom stereocenters. The molecule has 0 aromatic heterocycles. The first-order valence-corrected chi connectivity index (χ1v) is 11.0. The van der Waals surface area contributed by atoms with Crippen LogP contribution in [0.1, 0.15) is 16.7 Å². The molecule has 7 N–H and O–H groups in total. The Labute approximate surface area is 220 Å². The van der Waals surface area contributed by atoms with Crippen LogP contribution in [0.5, 0.6) is 34.5 Å². The molecule has 0 bridgehead atoms. The van der Waals surface area contributed by atoms with E-state index in [2.05, 4.69) is 0 Å². The minimum atomic E-state index is -1.59. The van der Waals surface area contributed by atoms with Gasteiger partial charge < -0.3 is 45.2 Å². The van der Waals surface area contributed by atoms with Crippen LogP contribution in [0.4, 0.5) is 0 Å². The van der Waals surface area contributed by atoms with Crippen LogP contribution in [-0.4, -0.2) is 59.8 Å². The summed E-state index contributed by atoms with van der Waals surface area (Å²) in [7, 11) is 0. The molecule has 202 valence electrons. The predicted molar refractivity (Wildman–Crippen MR) is 134 cm³/mol. The van der Waals surface area contributed by atoms with Gasteiger partial charge in [0.1, 0.15) is 0 Å². The first kappa shape index (κ1) is 27.9. The van der Waals surface area contributed by atoms with Gasteiger partial charge in [0, 0.05) is 12.5 Å². The lowest BCUT2D eigenvalue weighted by molar-refractivity contribution is -0.160. The maximum Gasteiger partial charge on any atom is 0.371 e. The lowest BCUT2D eigenvalue weighted by Crippen LogP contribution is -2.28. The van der Waals surface area contributed by atoms with E-state index in [0.29, 0.717) is 5.56 Å². The average molecular weight is 538 g/mol. The largest absolute Gasteiger partial charge is 0.504 e. The van der Waals surface area contributed by atoms with Crippen LogP contribution in [0.2, 0.25) is 0 Å². The van der Waals surface area contributed by atoms with Gasteiger partial charge in [-0.15, -0.1) is 0 Å². The van der Waals surface area contributed by atoms with Crippen LogP contribution in [0.25, 0.3) is 12.2 Å². The number of aliphatic carboxylic acids is 2. The second-order valence-corrected chi connectivity index (χ2v) is 8.02. The number of carboxylic acid groups (broad SMARTS) is 2. The van der Waals surface area contributed by atoms with Crippen molar-refractivity contribution < 1.29 is 59.6 Å². The van der Waals surface area contributed by atoms with E-state index in [1.54, 1.807) is 0 Å². The Morgan fingerprint density at radius 1 is 0.744 bits per heavy atom. The lowest BCUT2D eigenvalue weighted by atomic mass is 10.1. The Kier molecular flexibility index (Phi) is 8.64. The summed E-state index contributed by atoms with van der Waals surface area (Å²) in [5.74, 6) is -6.98. The molecule has 0 spiro atoms. The van der Waals surface area contributed by atoms with Gasteiger partial charge in [-0.3, -0.25) is 0 Å². The van der Waals surface area contributed by atoms with Crippen molar-refractivity contribution >= 4 is 30.1 Å². The second kappa shape index (κ2) is 12.1. The van der Waals surface area contributed by atoms with Gasteiger partial charge in [0.2, 0.25) is 11.9 Å². The van der Waals surface area contributed by atoms with Gasteiger partial charge in [-0.1, -0.05) is 18.2 Å². The SMILES string of the molecule is O=C(/C=C/c1ccc(O/C(=C\c2ccc(O)c(O)c2)C(=O)O)c(O)c1)O[C@H](Cc1ccc(O)c(O)c1)C(=O)O. The molecule has 1 atom stereocenters. The molecule has 0 heterocycles. The van der Waals surface area contributed by atoms with Gasteiger partial charge in [-0.05, 0) is 65.2 Å². The van der Waals surface area contributed by atoms with Crippen LogP contribution in [0, 0.1) is 0 Å². The van der Waals surface area contributed by atoms with Crippen molar-refractivity contribution in [2.24, 2.45) is 0 Å². The van der Waals surface area contributed by atoms with E-state index in [1.807, 2.05) is 0 Å². The molecule has 12 heteroatoms. The van der Waals surface area contributed by atoms with Crippen molar-refractivity contribution in [2.45, 2.75) is 12.5 Å². The fraction of sp³-hybridized carbons (Fsp3) is 0.0741. The number of phenols is 5. The molecule has 0 radical (unpaired) electrons. The van der Waals surface area contributed by atoms with E-state index >= 15 is 0 Å². The molecule has 0 aliphatic heterocycles. The van der Waals surface area contributed by atoms with Crippen molar-refractivity contribution in [3.8, 4) is 34.5 Å². The molecule has 3 rings (SSSR count). The number of hydrogen-bond acceptors (Lipinski definition) is 10. The van der Waals surface area contributed by atoms with E-state index in [1.165, 1.54) is 36.4 Å². The third-order valence-corrected chi connectivity index (χ3v) is 5.12. The lowest BCUT2D eigenvalue weighted by Gasteiger charge is -2.13. The zero-order chi connectivity index (χ0) is 28.7. The minimum absolute atomic E-state index is 0.196. The molecule has 0 fully saturated rings. The van der Waals surface area contributed by atoms with E-state index in [4.69, 9.17) is 9.47 Å². The number of phenolic OH excluding ortho intramolecular Hbond substituents is 5. The summed E-state index contributed by atoms with van der Waals surface area (Å²) in [6.07, 6.45) is 1.32. The van der Waals surface area contributed by atoms with Crippen LogP contribution >= 0.6 is 0 Å². The molecular weight excluding hydrogens is 516 g/mol. The van der Waals surface area contributed by atoms with Crippen LogP contribution in [0.15, 0.2) is 66.4 Å². The van der Waals surface area contributed by atoms with Crippen LogP contribution in [-0.2, 0) is 25.5 Å². The number of ether oxygens (including phenoxy) is 2. The van der Waals surface area contributed by atoms with Gasteiger partial charge in [0.25, 0.3) is 0 Å². The van der Waals surface area contributed by atoms with Crippen molar-refractivity contribution in [1.29, 1.82) is 0 Å². The van der Waals surface area contributed by atoms with Crippen molar-refractivity contribution in [2.75, 3.05) is 0 Å². The highest BCUT2D eigenvalue weighted by Gasteiger charge is 2.22. The summed E-state index contributed by atoms with van der Waals surface area (Å²) in [5.41, 5.74) is 0.755. The van der Waals surface area contributed by atoms with Crippen molar-refractivity contribution in [3.05, 3.63) is 83.1 Å². The Balaban J connectivity index is 1.69. The molecule has 0 amide bonds. The number of carboxylic acids is 2. The monoisotopic (exact) mass is 538 g/mol. The second-order valence-electron chi connectivity index (χ2n) is 8.02. The van der Waals surface area contributed by atoms with Crippen LogP contribution < -0.4 is 4.74 Å². The number of benzene rings is 3. The van der Waals surface area contributed by atoms with E-state index in [0.717, 1.165) is 36.4 Å². The molecule has 39 heavy (non-hydrogen) atoms. The molecule has 0 saturated heterocycles. The van der Waals surface area contributed by atoms with E-state index in [-0.39, 0.29) is 23.3 Å². The van der Waals surface area contributed by atoms with Gasteiger partial charge in [0.15, 0.2) is 34.5 Å². The van der Waals surface area contributed by atoms with Gasteiger partial charge >= 0.3 is 17.9 Å². The molecule has 0 aliphatic carbocycles. The molecule has 3 aromatic carbocycles. The maximum atomic E-state index is 12.2. The fourth-order valence-electron chi connectivity index (χ4n) is 3.19. The molecule has 3 aromatic rings. The zero-order valence-corrected chi connectivity index (χ0v) is 19.9. The van der Waals surface area contributed by atoms with E-state index < -0.39 is 58.5 Å². The number of carbonyl (C=O) groups is 3. The summed E-state index contributed by atoms with van der Waals surface area (Å²) in [4.78, 5) is 35.3. The Bertz CT molecular complexity index is 1470. The molecule has 0 aliphatic rings. The number of carbonyl (C=O) groups excluding carboxylic acids is 1. The van der Waals surface area contributed by atoms with Gasteiger partial charge in [0.05, 0.1) is 0 Å². The van der Waals surface area contributed by atoms with Crippen molar-refractivity contribution in [1.82, 2.24) is 0 Å². The fourth-order valence-corrected chi connectivity index (χ4v) is 3.19. The number of rotatable bonds is 10. The maximum absolute atomic E-state index is 12.2. The Morgan fingerprint density at radius 2 is 1.36 bits per heavy atom. The molecular formula is C27H22O12. The number of esters is 1. The molecule has 0 saturated carbocycles. The highest BCUT2D eigenvalue weighted by Crippen LogP contribution is 2.31. The highest BCUT2D eigenvalue weighted by molar-refractivity contribution is 5.91. The standard InChI is InChI=1S/C27H22O12/c28-17-5-1-15(10-19(17)30)12-23(26(34)35)38-22-7-3-14(9-21(22)32)4-8-25(33)39-24(27(36)37)13-16-2-6-18(29)20(31)11-16/h1-12,24,28-32H,13H2,(H,34,35)(H,36,37)/b8-4+,23-12-/t24-/m1/s1. The Morgan fingerprint density at radius 3 is 1.95 bits per heavy atom. The summed E-state index contributed by atoms with van der Waals surface area (Å²) < 4.78 is 10.2. The quantitative estimate of drug-likeness (QED) is 0.0859. The van der Waals surface area contributed by atoms with Crippen molar-refractivity contribution in [3.63, 3.8) is 0 Å². The number of aromatic hydroxyl groups is 5. The number of hydrogen-bond donors (Lipinski definition) is 7. The predicted octanol–water partition coefficient (Wildman–Crippen LogP) is 2.97. The summed E-state index contributed by atoms with van der Waals surface area (Å²) >= 11 is 0. The average Bonchev–Trinajstić information content (AvgIpc) is 2.87. The first-order chi connectivity index (χ1) is 18.4. The summed E-state index contributed by atoms with van der Waals surface area (Å²) in [6, 6.07) is 11.0. The third kappa shape index (κ3) is 7.67. The highest BCUT2D eigenvalue weighted by atomic mass is 16.6. The van der Waals surface area contributed by atoms with Gasteiger partial charge in [-0.2, -0.15) is 0 Å². The molecule has 12 nitrogen and oxygen atoms in total. The normalized spacial score (nSPS) is 12.2. The minimum Gasteiger partial charge on any atom is -0.504 e. The van der Waals surface area contributed by atoms with E-state index in [9.17, 15) is 50.1 Å². The van der Waals surface area contributed by atoms with Crippen LogP contribution in [0.3, 0.4) is 0 Å².